The van der Waals surface area contributed by atoms with E-state index in [4.69, 9.17) is 0 Å². The van der Waals surface area contributed by atoms with Gasteiger partial charge >= 0.3 is 0 Å². The van der Waals surface area contributed by atoms with Crippen molar-refractivity contribution in [3.63, 3.8) is 0 Å². The molecule has 0 spiro atoms. The Balaban J connectivity index is 2.08. The summed E-state index contributed by atoms with van der Waals surface area (Å²) in [6.07, 6.45) is 7.31. The molecule has 1 aromatic rings. The molecule has 1 saturated carbocycles. The molecule has 0 unspecified atom stereocenters. The van der Waals surface area contributed by atoms with Crippen molar-refractivity contribution in [1.29, 1.82) is 0 Å². The average Bonchev–Trinajstić information content (AvgIpc) is 2.62. The number of thioether (sulfide) groups is 1. The number of nitrogens with zero attached hydrogens (tertiary/aromatic N) is 1. The number of halogens is 2. The van der Waals surface area contributed by atoms with Crippen molar-refractivity contribution in [3.05, 3.63) is 21.2 Å². The quantitative estimate of drug-likeness (QED) is 0.780. The molecule has 1 nitrogen and oxygen atoms in total. The molecule has 0 atom stereocenters. The Morgan fingerprint density at radius 2 is 2.00 bits per heavy atom. The Morgan fingerprint density at radius 1 is 1.29 bits per heavy atom. The second-order valence-corrected chi connectivity index (χ2v) is 6.52. The van der Waals surface area contributed by atoms with Crippen LogP contribution in [0.15, 0.2) is 26.2 Å². The van der Waals surface area contributed by atoms with Crippen molar-refractivity contribution >= 4 is 43.6 Å². The monoisotopic (exact) mass is 335 g/mol. The largest absolute Gasteiger partial charge is 0.248 e. The normalized spacial score (nSPS) is 17.6. The molecule has 14 heavy (non-hydrogen) atoms. The van der Waals surface area contributed by atoms with E-state index in [9.17, 15) is 0 Å². The summed E-state index contributed by atoms with van der Waals surface area (Å²) in [5.41, 5.74) is 0. The van der Waals surface area contributed by atoms with E-state index in [1.807, 2.05) is 18.0 Å². The highest BCUT2D eigenvalue weighted by Crippen LogP contribution is 2.37. The van der Waals surface area contributed by atoms with E-state index in [1.54, 1.807) is 0 Å². The minimum absolute atomic E-state index is 0.778. The Hall–Kier alpha value is 0.460. The van der Waals surface area contributed by atoms with E-state index in [-0.39, 0.29) is 0 Å². The zero-order valence-electron chi connectivity index (χ0n) is 7.67. The van der Waals surface area contributed by atoms with Crippen molar-refractivity contribution in [1.82, 2.24) is 4.98 Å². The van der Waals surface area contributed by atoms with Crippen LogP contribution in [-0.4, -0.2) is 10.2 Å². The molecule has 1 heterocycles. The van der Waals surface area contributed by atoms with E-state index in [1.165, 1.54) is 25.7 Å². The molecule has 0 aromatic carbocycles. The van der Waals surface area contributed by atoms with Gasteiger partial charge in [0.25, 0.3) is 0 Å². The van der Waals surface area contributed by atoms with Crippen LogP contribution in [0.5, 0.6) is 0 Å². The zero-order valence-corrected chi connectivity index (χ0v) is 11.7. The van der Waals surface area contributed by atoms with Crippen LogP contribution in [0.25, 0.3) is 0 Å². The third kappa shape index (κ3) is 2.74. The Bertz CT molecular complexity index is 324. The lowest BCUT2D eigenvalue weighted by Crippen LogP contribution is -1.95. The van der Waals surface area contributed by atoms with Crippen molar-refractivity contribution in [3.8, 4) is 0 Å². The van der Waals surface area contributed by atoms with Gasteiger partial charge in [0.1, 0.15) is 5.03 Å². The number of pyridine rings is 1. The summed E-state index contributed by atoms with van der Waals surface area (Å²) in [4.78, 5) is 4.41. The van der Waals surface area contributed by atoms with Crippen LogP contribution in [0.4, 0.5) is 0 Å². The summed E-state index contributed by atoms with van der Waals surface area (Å²) >= 11 is 8.86. The fraction of sp³-hybridized carbons (Fsp3) is 0.500. The molecule has 0 saturated heterocycles. The number of rotatable bonds is 2. The molecule has 1 aliphatic rings. The van der Waals surface area contributed by atoms with Gasteiger partial charge in [0.2, 0.25) is 0 Å². The third-order valence-corrected chi connectivity index (χ3v) is 5.01. The second kappa shape index (κ2) is 4.99. The summed E-state index contributed by atoms with van der Waals surface area (Å²) in [5.74, 6) is 0. The third-order valence-electron chi connectivity index (χ3n) is 2.35. The Kier molecular flexibility index (Phi) is 3.91. The van der Waals surface area contributed by atoms with Gasteiger partial charge in [0.05, 0.1) is 4.47 Å². The van der Waals surface area contributed by atoms with Gasteiger partial charge in [0.15, 0.2) is 0 Å². The van der Waals surface area contributed by atoms with E-state index >= 15 is 0 Å². The van der Waals surface area contributed by atoms with E-state index in [0.717, 1.165) is 19.2 Å². The molecule has 1 aromatic heterocycles. The van der Waals surface area contributed by atoms with Gasteiger partial charge < -0.3 is 0 Å². The zero-order chi connectivity index (χ0) is 9.97. The highest BCUT2D eigenvalue weighted by atomic mass is 79.9. The van der Waals surface area contributed by atoms with Crippen molar-refractivity contribution in [2.45, 2.75) is 36.0 Å². The summed E-state index contributed by atoms with van der Waals surface area (Å²) in [6, 6.07) is 2.06. The molecule has 1 aliphatic carbocycles. The molecule has 2 rings (SSSR count). The number of hydrogen-bond acceptors (Lipinski definition) is 2. The summed E-state index contributed by atoms with van der Waals surface area (Å²) in [5, 5.41) is 1.90. The molecular formula is C10H11Br2NS. The van der Waals surface area contributed by atoms with Gasteiger partial charge in [-0.1, -0.05) is 12.8 Å². The van der Waals surface area contributed by atoms with Gasteiger partial charge in [0, 0.05) is 15.9 Å². The van der Waals surface area contributed by atoms with Crippen LogP contribution in [0.3, 0.4) is 0 Å². The van der Waals surface area contributed by atoms with Crippen molar-refractivity contribution in [2.24, 2.45) is 0 Å². The topological polar surface area (TPSA) is 12.9 Å². The maximum atomic E-state index is 4.41. The Morgan fingerprint density at radius 3 is 2.64 bits per heavy atom. The van der Waals surface area contributed by atoms with Gasteiger partial charge in [-0.05, 0) is 50.8 Å². The molecule has 0 aliphatic heterocycles. The first kappa shape index (κ1) is 11.0. The number of aromatic nitrogens is 1. The van der Waals surface area contributed by atoms with Gasteiger partial charge in [-0.2, -0.15) is 0 Å². The molecule has 0 radical (unpaired) electrons. The van der Waals surface area contributed by atoms with Crippen LogP contribution in [0.2, 0.25) is 0 Å². The van der Waals surface area contributed by atoms with Crippen LogP contribution in [0, 0.1) is 0 Å². The van der Waals surface area contributed by atoms with Crippen LogP contribution in [-0.2, 0) is 0 Å². The second-order valence-electron chi connectivity index (χ2n) is 3.46. The highest BCUT2D eigenvalue weighted by Gasteiger charge is 2.17. The summed E-state index contributed by atoms with van der Waals surface area (Å²) in [6.45, 7) is 0. The molecule has 0 amide bonds. The highest BCUT2D eigenvalue weighted by molar-refractivity contribution is 9.11. The first-order valence-corrected chi connectivity index (χ1v) is 7.20. The SMILES string of the molecule is Brc1cnc(SC2CCCC2)c(Br)c1. The predicted octanol–water partition coefficient (Wildman–Crippen LogP) is 4.64. The molecule has 0 bridgehead atoms. The first-order chi connectivity index (χ1) is 6.75. The lowest BCUT2D eigenvalue weighted by Gasteiger charge is -2.09. The smallest absolute Gasteiger partial charge is 0.111 e. The molecule has 4 heteroatoms. The molecule has 76 valence electrons. The lowest BCUT2D eigenvalue weighted by molar-refractivity contribution is 0.886. The van der Waals surface area contributed by atoms with Crippen molar-refractivity contribution in [2.75, 3.05) is 0 Å². The fourth-order valence-electron chi connectivity index (χ4n) is 1.65. The molecular weight excluding hydrogens is 326 g/mol. The summed E-state index contributed by atoms with van der Waals surface area (Å²) in [7, 11) is 0. The van der Waals surface area contributed by atoms with Gasteiger partial charge in [-0.3, -0.25) is 0 Å². The average molecular weight is 337 g/mol. The van der Waals surface area contributed by atoms with Crippen LogP contribution < -0.4 is 0 Å². The van der Waals surface area contributed by atoms with Crippen LogP contribution >= 0.6 is 43.6 Å². The molecule has 1 fully saturated rings. The lowest BCUT2D eigenvalue weighted by atomic mass is 10.4. The standard InChI is InChI=1S/C10H11Br2NS/c11-7-5-9(12)10(13-6-7)14-8-3-1-2-4-8/h5-6,8H,1-4H2. The van der Waals surface area contributed by atoms with Gasteiger partial charge in [-0.15, -0.1) is 11.8 Å². The first-order valence-electron chi connectivity index (χ1n) is 4.73. The van der Waals surface area contributed by atoms with E-state index in [0.29, 0.717) is 0 Å². The van der Waals surface area contributed by atoms with Crippen molar-refractivity contribution < 1.29 is 0 Å². The number of hydrogen-bond donors (Lipinski definition) is 0. The molecule has 0 N–H and O–H groups in total. The maximum absolute atomic E-state index is 4.41. The maximum Gasteiger partial charge on any atom is 0.111 e. The minimum Gasteiger partial charge on any atom is -0.248 e. The van der Waals surface area contributed by atoms with E-state index < -0.39 is 0 Å². The summed E-state index contributed by atoms with van der Waals surface area (Å²) < 4.78 is 2.13. The predicted molar refractivity (Wildman–Crippen MR) is 67.8 cm³/mol. The fourth-order valence-corrected chi connectivity index (χ4v) is 4.09. The minimum atomic E-state index is 0.778. The van der Waals surface area contributed by atoms with E-state index in [2.05, 4.69) is 42.9 Å². The van der Waals surface area contributed by atoms with Crippen LogP contribution in [0.1, 0.15) is 25.7 Å². The van der Waals surface area contributed by atoms with Gasteiger partial charge in [-0.25, -0.2) is 4.98 Å². The Labute approximate surface area is 105 Å².